The number of hydrogen-bond acceptors (Lipinski definition) is 4. The molecular formula is C14H10N4O. The number of benzene rings is 1. The van der Waals surface area contributed by atoms with Gasteiger partial charge in [-0.3, -0.25) is 0 Å². The lowest BCUT2D eigenvalue weighted by molar-refractivity contribution is 0.615. The van der Waals surface area contributed by atoms with E-state index in [1.165, 1.54) is 0 Å². The quantitative estimate of drug-likeness (QED) is 0.521. The molecule has 1 aromatic carbocycles. The van der Waals surface area contributed by atoms with E-state index in [1.807, 2.05) is 37.3 Å². The summed E-state index contributed by atoms with van der Waals surface area (Å²) in [4.78, 5) is 8.52. The number of rotatable bonds is 1. The van der Waals surface area contributed by atoms with Gasteiger partial charge in [-0.15, -0.1) is 0 Å². The summed E-state index contributed by atoms with van der Waals surface area (Å²) in [5, 5.41) is 5.45. The van der Waals surface area contributed by atoms with E-state index in [-0.39, 0.29) is 0 Å². The molecule has 0 aliphatic heterocycles. The standard InChI is InChI=1S/C14H10N4O/c1-9-11-12-13(16-8-7-15-12)19-14(11)18(17-9)10-5-3-2-4-6-10/h2-8H,1H3. The zero-order valence-electron chi connectivity index (χ0n) is 10.2. The maximum Gasteiger partial charge on any atom is 0.248 e. The fourth-order valence-electron chi connectivity index (χ4n) is 2.28. The van der Waals surface area contributed by atoms with Crippen molar-refractivity contribution in [3.8, 4) is 5.69 Å². The molecule has 3 heterocycles. The van der Waals surface area contributed by atoms with E-state index in [4.69, 9.17) is 4.42 Å². The predicted molar refractivity (Wildman–Crippen MR) is 71.2 cm³/mol. The second-order valence-corrected chi connectivity index (χ2v) is 4.33. The Morgan fingerprint density at radius 3 is 2.68 bits per heavy atom. The van der Waals surface area contributed by atoms with Gasteiger partial charge in [0.05, 0.1) is 16.8 Å². The first-order chi connectivity index (χ1) is 9.34. The fraction of sp³-hybridized carbons (Fsp3) is 0.0714. The highest BCUT2D eigenvalue weighted by atomic mass is 16.4. The lowest BCUT2D eigenvalue weighted by Crippen LogP contribution is -1.95. The normalized spacial score (nSPS) is 11.4. The van der Waals surface area contributed by atoms with E-state index in [0.29, 0.717) is 11.4 Å². The smallest absolute Gasteiger partial charge is 0.248 e. The van der Waals surface area contributed by atoms with Crippen LogP contribution in [0.5, 0.6) is 0 Å². The average Bonchev–Trinajstić information content (AvgIpc) is 2.98. The molecule has 19 heavy (non-hydrogen) atoms. The van der Waals surface area contributed by atoms with Gasteiger partial charge < -0.3 is 4.42 Å². The highest BCUT2D eigenvalue weighted by Crippen LogP contribution is 2.29. The van der Waals surface area contributed by atoms with Crippen LogP contribution in [0.15, 0.2) is 47.1 Å². The van der Waals surface area contributed by atoms with Crippen LogP contribution in [0.3, 0.4) is 0 Å². The highest BCUT2D eigenvalue weighted by molar-refractivity contribution is 6.01. The van der Waals surface area contributed by atoms with Crippen molar-refractivity contribution < 1.29 is 4.42 Å². The van der Waals surface area contributed by atoms with E-state index in [1.54, 1.807) is 17.1 Å². The van der Waals surface area contributed by atoms with Crippen LogP contribution in [0.4, 0.5) is 0 Å². The van der Waals surface area contributed by atoms with Gasteiger partial charge >= 0.3 is 0 Å². The number of fused-ring (bicyclic) bond motifs is 3. The van der Waals surface area contributed by atoms with Gasteiger partial charge in [0, 0.05) is 12.4 Å². The third-order valence-electron chi connectivity index (χ3n) is 3.11. The minimum absolute atomic E-state index is 0.544. The number of hydrogen-bond donors (Lipinski definition) is 0. The first-order valence-corrected chi connectivity index (χ1v) is 5.99. The largest absolute Gasteiger partial charge is 0.417 e. The Labute approximate surface area is 108 Å². The van der Waals surface area contributed by atoms with Gasteiger partial charge in [-0.2, -0.15) is 9.78 Å². The van der Waals surface area contributed by atoms with Crippen molar-refractivity contribution in [2.45, 2.75) is 6.92 Å². The van der Waals surface area contributed by atoms with Crippen molar-refractivity contribution in [1.82, 2.24) is 19.7 Å². The third-order valence-corrected chi connectivity index (χ3v) is 3.11. The van der Waals surface area contributed by atoms with E-state index >= 15 is 0 Å². The van der Waals surface area contributed by atoms with Gasteiger partial charge in [0.25, 0.3) is 0 Å². The zero-order chi connectivity index (χ0) is 12.8. The van der Waals surface area contributed by atoms with Crippen molar-refractivity contribution in [3.05, 3.63) is 48.4 Å². The molecule has 5 nitrogen and oxygen atoms in total. The highest BCUT2D eigenvalue weighted by Gasteiger charge is 2.18. The van der Waals surface area contributed by atoms with Crippen LogP contribution in [-0.4, -0.2) is 19.7 Å². The molecule has 3 aromatic heterocycles. The summed E-state index contributed by atoms with van der Waals surface area (Å²) in [6.45, 7) is 1.95. The summed E-state index contributed by atoms with van der Waals surface area (Å²) >= 11 is 0. The van der Waals surface area contributed by atoms with Crippen LogP contribution >= 0.6 is 0 Å². The molecule has 0 saturated carbocycles. The third kappa shape index (κ3) is 1.38. The first-order valence-electron chi connectivity index (χ1n) is 5.99. The molecule has 4 aromatic rings. The fourth-order valence-corrected chi connectivity index (χ4v) is 2.28. The molecular weight excluding hydrogens is 240 g/mol. The van der Waals surface area contributed by atoms with Gasteiger partial charge in [0.2, 0.25) is 11.4 Å². The maximum atomic E-state index is 5.79. The summed E-state index contributed by atoms with van der Waals surface area (Å²) in [7, 11) is 0. The molecule has 0 aliphatic carbocycles. The van der Waals surface area contributed by atoms with Crippen LogP contribution < -0.4 is 0 Å². The SMILES string of the molecule is Cc1nn(-c2ccccc2)c2oc3nccnc3c12. The van der Waals surface area contributed by atoms with Gasteiger partial charge in [-0.25, -0.2) is 9.97 Å². The Kier molecular flexibility index (Phi) is 1.97. The Morgan fingerprint density at radius 2 is 1.84 bits per heavy atom. The minimum Gasteiger partial charge on any atom is -0.417 e. The minimum atomic E-state index is 0.544. The van der Waals surface area contributed by atoms with Crippen molar-refractivity contribution >= 4 is 22.3 Å². The monoisotopic (exact) mass is 250 g/mol. The molecule has 0 amide bonds. The second-order valence-electron chi connectivity index (χ2n) is 4.33. The molecule has 0 saturated heterocycles. The number of nitrogens with zero attached hydrogens (tertiary/aromatic N) is 4. The predicted octanol–water partition coefficient (Wildman–Crippen LogP) is 2.87. The lowest BCUT2D eigenvalue weighted by atomic mass is 10.3. The molecule has 92 valence electrons. The van der Waals surface area contributed by atoms with Crippen molar-refractivity contribution in [2.75, 3.05) is 0 Å². The van der Waals surface area contributed by atoms with Gasteiger partial charge in [0.1, 0.15) is 5.52 Å². The first kappa shape index (κ1) is 10.3. The maximum absolute atomic E-state index is 5.79. The summed E-state index contributed by atoms with van der Waals surface area (Å²) in [5.41, 5.74) is 3.84. The van der Waals surface area contributed by atoms with Crippen molar-refractivity contribution in [1.29, 1.82) is 0 Å². The van der Waals surface area contributed by atoms with Gasteiger partial charge in [-0.1, -0.05) is 18.2 Å². The Bertz CT molecular complexity index is 876. The summed E-state index contributed by atoms with van der Waals surface area (Å²) in [6.07, 6.45) is 3.29. The summed E-state index contributed by atoms with van der Waals surface area (Å²) in [5.74, 6) is 0. The Hall–Kier alpha value is -2.69. The molecule has 0 fully saturated rings. The van der Waals surface area contributed by atoms with E-state index in [2.05, 4.69) is 15.1 Å². The molecule has 0 radical (unpaired) electrons. The average molecular weight is 250 g/mol. The number of furan rings is 1. The molecule has 0 N–H and O–H groups in total. The molecule has 0 unspecified atom stereocenters. The number of aryl methyl sites for hydroxylation is 1. The van der Waals surface area contributed by atoms with Gasteiger partial charge in [-0.05, 0) is 19.1 Å². The molecule has 4 rings (SSSR count). The van der Waals surface area contributed by atoms with Crippen LogP contribution in [0.2, 0.25) is 0 Å². The second kappa shape index (κ2) is 3.65. The van der Waals surface area contributed by atoms with Crippen LogP contribution in [0, 0.1) is 6.92 Å². The van der Waals surface area contributed by atoms with E-state index < -0.39 is 0 Å². The zero-order valence-corrected chi connectivity index (χ0v) is 10.2. The number of aromatic nitrogens is 4. The van der Waals surface area contributed by atoms with Crippen molar-refractivity contribution in [3.63, 3.8) is 0 Å². The van der Waals surface area contributed by atoms with Crippen LogP contribution in [-0.2, 0) is 0 Å². The molecule has 0 aliphatic rings. The van der Waals surface area contributed by atoms with Gasteiger partial charge in [0.15, 0.2) is 0 Å². The summed E-state index contributed by atoms with van der Waals surface area (Å²) in [6, 6.07) is 9.88. The van der Waals surface area contributed by atoms with Crippen LogP contribution in [0.25, 0.3) is 28.0 Å². The Morgan fingerprint density at radius 1 is 1.05 bits per heavy atom. The topological polar surface area (TPSA) is 56.7 Å². The number of para-hydroxylation sites is 1. The Balaban J connectivity index is 2.13. The van der Waals surface area contributed by atoms with E-state index in [0.717, 1.165) is 22.3 Å². The molecule has 5 heteroatoms. The van der Waals surface area contributed by atoms with E-state index in [9.17, 15) is 0 Å². The molecule has 0 spiro atoms. The van der Waals surface area contributed by atoms with Crippen LogP contribution in [0.1, 0.15) is 5.69 Å². The molecule has 0 bridgehead atoms. The summed E-state index contributed by atoms with van der Waals surface area (Å²) < 4.78 is 7.57. The van der Waals surface area contributed by atoms with Crippen molar-refractivity contribution in [2.24, 2.45) is 0 Å². The molecule has 0 atom stereocenters. The lowest BCUT2D eigenvalue weighted by Gasteiger charge is -1.99.